The Balaban J connectivity index is 2.20. The summed E-state index contributed by atoms with van der Waals surface area (Å²) in [6, 6.07) is 7.94. The zero-order valence-corrected chi connectivity index (χ0v) is 14.5. The summed E-state index contributed by atoms with van der Waals surface area (Å²) in [6.07, 6.45) is 0. The Bertz CT molecular complexity index is 697. The van der Waals surface area contributed by atoms with E-state index in [-0.39, 0.29) is 17.2 Å². The van der Waals surface area contributed by atoms with Crippen molar-refractivity contribution in [2.24, 2.45) is 0 Å². The van der Waals surface area contributed by atoms with Crippen LogP contribution in [-0.4, -0.2) is 50.0 Å². The zero-order chi connectivity index (χ0) is 17.7. The van der Waals surface area contributed by atoms with Gasteiger partial charge in [0.15, 0.2) is 11.6 Å². The van der Waals surface area contributed by atoms with Crippen LogP contribution in [0.4, 0.5) is 4.39 Å². The van der Waals surface area contributed by atoms with Crippen LogP contribution in [0.2, 0.25) is 0 Å². The first-order chi connectivity index (χ1) is 11.4. The molecule has 1 heterocycles. The number of amides is 1. The minimum absolute atomic E-state index is 0.119. The summed E-state index contributed by atoms with van der Waals surface area (Å²) in [5, 5.41) is 0. The van der Waals surface area contributed by atoms with Crippen molar-refractivity contribution >= 4 is 5.91 Å². The van der Waals surface area contributed by atoms with Gasteiger partial charge < -0.3 is 19.0 Å². The molecule has 0 aliphatic heterocycles. The fourth-order valence-corrected chi connectivity index (χ4v) is 2.31. The van der Waals surface area contributed by atoms with Crippen molar-refractivity contribution in [2.45, 2.75) is 13.5 Å². The Hall–Kier alpha value is -2.34. The van der Waals surface area contributed by atoms with Crippen molar-refractivity contribution < 1.29 is 18.3 Å². The second-order valence-electron chi connectivity index (χ2n) is 5.89. The third kappa shape index (κ3) is 4.58. The number of methoxy groups -OCH3 is 1. The van der Waals surface area contributed by atoms with Gasteiger partial charge in [0.05, 0.1) is 13.7 Å². The van der Waals surface area contributed by atoms with E-state index in [0.29, 0.717) is 25.4 Å². The van der Waals surface area contributed by atoms with Gasteiger partial charge in [-0.15, -0.1) is 0 Å². The number of nitrogens with zero attached hydrogens (tertiary/aromatic N) is 2. The number of furan rings is 1. The van der Waals surface area contributed by atoms with Gasteiger partial charge in [-0.25, -0.2) is 4.39 Å². The van der Waals surface area contributed by atoms with Gasteiger partial charge >= 0.3 is 0 Å². The van der Waals surface area contributed by atoms with E-state index in [1.165, 1.54) is 19.2 Å². The molecule has 0 N–H and O–H groups in total. The van der Waals surface area contributed by atoms with Crippen molar-refractivity contribution in [3.63, 3.8) is 0 Å². The van der Waals surface area contributed by atoms with E-state index >= 15 is 0 Å². The number of halogens is 1. The largest absolute Gasteiger partial charge is 0.494 e. The molecule has 0 unspecified atom stereocenters. The fraction of sp³-hybridized carbons (Fsp3) is 0.389. The number of hydrogen-bond donors (Lipinski definition) is 0. The molecule has 130 valence electrons. The topological polar surface area (TPSA) is 45.9 Å². The molecule has 5 nitrogen and oxygen atoms in total. The first-order valence-electron chi connectivity index (χ1n) is 7.73. The van der Waals surface area contributed by atoms with Gasteiger partial charge in [0.25, 0.3) is 5.91 Å². The average Bonchev–Trinajstić information content (AvgIpc) is 2.95. The van der Waals surface area contributed by atoms with Crippen LogP contribution in [0.25, 0.3) is 0 Å². The Morgan fingerprint density at radius 2 is 1.96 bits per heavy atom. The quantitative estimate of drug-likeness (QED) is 0.781. The molecule has 1 aromatic heterocycles. The zero-order valence-electron chi connectivity index (χ0n) is 14.5. The van der Waals surface area contributed by atoms with Crippen LogP contribution < -0.4 is 4.74 Å². The number of ether oxygens (including phenoxy) is 1. The number of benzene rings is 1. The molecule has 0 spiro atoms. The highest BCUT2D eigenvalue weighted by Gasteiger charge is 2.19. The maximum Gasteiger partial charge on any atom is 0.254 e. The summed E-state index contributed by atoms with van der Waals surface area (Å²) < 4.78 is 24.4. The van der Waals surface area contributed by atoms with E-state index in [2.05, 4.69) is 0 Å². The van der Waals surface area contributed by atoms with Crippen LogP contribution in [0.3, 0.4) is 0 Å². The lowest BCUT2D eigenvalue weighted by Crippen LogP contribution is -2.36. The van der Waals surface area contributed by atoms with E-state index in [9.17, 15) is 9.18 Å². The summed E-state index contributed by atoms with van der Waals surface area (Å²) >= 11 is 0. The highest BCUT2D eigenvalue weighted by Crippen LogP contribution is 2.20. The minimum Gasteiger partial charge on any atom is -0.494 e. The molecule has 0 aliphatic carbocycles. The van der Waals surface area contributed by atoms with Gasteiger partial charge in [-0.05, 0) is 51.4 Å². The summed E-state index contributed by atoms with van der Waals surface area (Å²) in [5.41, 5.74) is 0.287. The molecule has 0 radical (unpaired) electrons. The third-order valence-corrected chi connectivity index (χ3v) is 3.65. The van der Waals surface area contributed by atoms with E-state index in [1.807, 2.05) is 38.1 Å². The number of aryl methyl sites for hydroxylation is 1. The molecule has 0 bridgehead atoms. The summed E-state index contributed by atoms with van der Waals surface area (Å²) in [6.45, 7) is 3.41. The molecule has 0 atom stereocenters. The molecule has 2 aromatic rings. The summed E-state index contributed by atoms with van der Waals surface area (Å²) in [5.74, 6) is 0.819. The standard InChI is InChI=1S/C18H23FN2O3/c1-13-5-7-15(24-13)12-21(10-9-20(2)3)18(22)14-6-8-17(23-4)16(19)11-14/h5-8,11H,9-10,12H2,1-4H3. The predicted molar refractivity (Wildman–Crippen MR) is 89.7 cm³/mol. The minimum atomic E-state index is -0.551. The van der Waals surface area contributed by atoms with E-state index in [0.717, 1.165) is 5.76 Å². The average molecular weight is 334 g/mol. The van der Waals surface area contributed by atoms with Gasteiger partial charge in [-0.2, -0.15) is 0 Å². The second kappa shape index (κ2) is 7.97. The molecule has 0 aliphatic rings. The monoisotopic (exact) mass is 334 g/mol. The van der Waals surface area contributed by atoms with Crippen molar-refractivity contribution in [3.05, 3.63) is 53.2 Å². The number of rotatable bonds is 7. The predicted octanol–water partition coefficient (Wildman–Crippen LogP) is 2.94. The molecule has 2 rings (SSSR count). The molecule has 6 heteroatoms. The molecule has 0 fully saturated rings. The van der Waals surface area contributed by atoms with Crippen LogP contribution in [0.15, 0.2) is 34.7 Å². The van der Waals surface area contributed by atoms with Crippen molar-refractivity contribution in [2.75, 3.05) is 34.3 Å². The molecular formula is C18H23FN2O3. The third-order valence-electron chi connectivity index (χ3n) is 3.65. The Morgan fingerprint density at radius 3 is 2.50 bits per heavy atom. The smallest absolute Gasteiger partial charge is 0.254 e. The molecule has 1 amide bonds. The first kappa shape index (κ1) is 18.0. The van der Waals surface area contributed by atoms with Crippen LogP contribution in [0.5, 0.6) is 5.75 Å². The van der Waals surface area contributed by atoms with E-state index in [1.54, 1.807) is 11.0 Å². The summed E-state index contributed by atoms with van der Waals surface area (Å²) in [4.78, 5) is 16.4. The van der Waals surface area contributed by atoms with Crippen molar-refractivity contribution in [1.82, 2.24) is 9.80 Å². The number of hydrogen-bond acceptors (Lipinski definition) is 4. The van der Waals surface area contributed by atoms with Gasteiger partial charge in [-0.1, -0.05) is 0 Å². The lowest BCUT2D eigenvalue weighted by atomic mass is 10.1. The van der Waals surface area contributed by atoms with Gasteiger partial charge in [-0.3, -0.25) is 4.79 Å². The van der Waals surface area contributed by atoms with E-state index < -0.39 is 5.82 Å². The molecule has 1 aromatic carbocycles. The van der Waals surface area contributed by atoms with Gasteiger partial charge in [0.1, 0.15) is 11.5 Å². The SMILES string of the molecule is COc1ccc(C(=O)N(CCN(C)C)Cc2ccc(C)o2)cc1F. The first-order valence-corrected chi connectivity index (χ1v) is 7.73. The normalized spacial score (nSPS) is 10.9. The number of carbonyl (C=O) groups is 1. The Kier molecular flexibility index (Phi) is 5.98. The number of likely N-dealkylation sites (N-methyl/N-ethyl adjacent to an activating group) is 1. The molecule has 0 saturated heterocycles. The van der Waals surface area contributed by atoms with Crippen LogP contribution >= 0.6 is 0 Å². The van der Waals surface area contributed by atoms with E-state index in [4.69, 9.17) is 9.15 Å². The van der Waals surface area contributed by atoms with Crippen molar-refractivity contribution in [1.29, 1.82) is 0 Å². The fourth-order valence-electron chi connectivity index (χ4n) is 2.31. The number of carbonyl (C=O) groups excluding carboxylic acids is 1. The van der Waals surface area contributed by atoms with Crippen LogP contribution in [0, 0.1) is 12.7 Å². The Labute approximate surface area is 141 Å². The lowest BCUT2D eigenvalue weighted by Gasteiger charge is -2.24. The molecule has 0 saturated carbocycles. The summed E-state index contributed by atoms with van der Waals surface area (Å²) in [7, 11) is 5.27. The maximum absolute atomic E-state index is 13.9. The van der Waals surface area contributed by atoms with Gasteiger partial charge in [0, 0.05) is 18.7 Å². The van der Waals surface area contributed by atoms with Gasteiger partial charge in [0.2, 0.25) is 0 Å². The van der Waals surface area contributed by atoms with Crippen molar-refractivity contribution in [3.8, 4) is 5.75 Å². The lowest BCUT2D eigenvalue weighted by molar-refractivity contribution is 0.0718. The highest BCUT2D eigenvalue weighted by molar-refractivity contribution is 5.94. The molecule has 24 heavy (non-hydrogen) atoms. The highest BCUT2D eigenvalue weighted by atomic mass is 19.1. The van der Waals surface area contributed by atoms with Crippen LogP contribution in [0.1, 0.15) is 21.9 Å². The molecular weight excluding hydrogens is 311 g/mol. The van der Waals surface area contributed by atoms with Crippen LogP contribution in [-0.2, 0) is 6.54 Å². The maximum atomic E-state index is 13.9. The Morgan fingerprint density at radius 1 is 1.21 bits per heavy atom. The second-order valence-corrected chi connectivity index (χ2v) is 5.89.